The van der Waals surface area contributed by atoms with Crippen molar-refractivity contribution in [3.8, 4) is 11.4 Å². The summed E-state index contributed by atoms with van der Waals surface area (Å²) in [6, 6.07) is 12.8. The monoisotopic (exact) mass is 440 g/mol. The minimum Gasteiger partial charge on any atom is -0.325 e. The molecular weight excluding hydrogens is 424 g/mol. The van der Waals surface area contributed by atoms with Crippen LogP contribution in [0.4, 0.5) is 11.4 Å². The number of hydrogen-bond donors (Lipinski definition) is 2. The van der Waals surface area contributed by atoms with Gasteiger partial charge in [-0.15, -0.1) is 10.2 Å². The molecule has 0 bridgehead atoms. The van der Waals surface area contributed by atoms with E-state index >= 15 is 0 Å². The first-order valence-corrected chi connectivity index (χ1v) is 9.41. The first kappa shape index (κ1) is 18.3. The Balaban J connectivity index is 1.54. The van der Waals surface area contributed by atoms with Gasteiger partial charge in [-0.1, -0.05) is 28.1 Å². The number of fused-ring (bicyclic) bond motifs is 1. The summed E-state index contributed by atoms with van der Waals surface area (Å²) in [5.41, 5.74) is 2.29. The summed E-state index contributed by atoms with van der Waals surface area (Å²) < 4.78 is 0.900. The molecule has 28 heavy (non-hydrogen) atoms. The maximum Gasteiger partial charge on any atom is 0.244 e. The normalized spacial score (nSPS) is 14.8. The van der Waals surface area contributed by atoms with E-state index < -0.39 is 5.41 Å². The Hall–Kier alpha value is -3.07. The molecule has 0 fully saturated rings. The number of nitrogens with zero attached hydrogens (tertiary/aromatic N) is 4. The number of carbonyl (C=O) groups excluding carboxylic acids is 2. The van der Waals surface area contributed by atoms with E-state index in [9.17, 15) is 9.59 Å². The Labute approximate surface area is 169 Å². The van der Waals surface area contributed by atoms with Gasteiger partial charge in [-0.2, -0.15) is 5.21 Å². The lowest BCUT2D eigenvalue weighted by atomic mass is 9.86. The molecule has 0 aliphatic carbocycles. The molecule has 0 saturated carbocycles. The minimum atomic E-state index is -0.683. The lowest BCUT2D eigenvalue weighted by Crippen LogP contribution is -2.40. The number of aromatic amines is 1. The van der Waals surface area contributed by atoms with Gasteiger partial charge in [0.05, 0.1) is 5.41 Å². The highest BCUT2D eigenvalue weighted by Crippen LogP contribution is 2.42. The Bertz CT molecular complexity index is 1060. The van der Waals surface area contributed by atoms with Crippen LogP contribution in [-0.2, 0) is 15.0 Å². The van der Waals surface area contributed by atoms with E-state index in [0.29, 0.717) is 11.5 Å². The number of hydrogen-bond acceptors (Lipinski definition) is 5. The van der Waals surface area contributed by atoms with Crippen LogP contribution in [0, 0.1) is 0 Å². The maximum absolute atomic E-state index is 12.9. The quantitative estimate of drug-likeness (QED) is 0.648. The molecule has 2 amide bonds. The zero-order valence-electron chi connectivity index (χ0n) is 15.2. The first-order valence-electron chi connectivity index (χ1n) is 8.62. The van der Waals surface area contributed by atoms with Gasteiger partial charge < -0.3 is 10.2 Å². The van der Waals surface area contributed by atoms with Crippen LogP contribution in [0.3, 0.4) is 0 Å². The maximum atomic E-state index is 12.9. The van der Waals surface area contributed by atoms with Crippen molar-refractivity contribution in [3.63, 3.8) is 0 Å². The van der Waals surface area contributed by atoms with Crippen molar-refractivity contribution in [1.29, 1.82) is 0 Å². The molecule has 9 heteroatoms. The van der Waals surface area contributed by atoms with Crippen LogP contribution in [-0.4, -0.2) is 39.0 Å². The highest BCUT2D eigenvalue weighted by Gasteiger charge is 2.44. The summed E-state index contributed by atoms with van der Waals surface area (Å²) in [6.07, 6.45) is 0. The second-order valence-electron chi connectivity index (χ2n) is 7.04. The van der Waals surface area contributed by atoms with Gasteiger partial charge in [-0.05, 0) is 55.0 Å². The Morgan fingerprint density at radius 3 is 2.82 bits per heavy atom. The van der Waals surface area contributed by atoms with Crippen molar-refractivity contribution in [1.82, 2.24) is 20.6 Å². The third-order valence-corrected chi connectivity index (χ3v) is 5.25. The summed E-state index contributed by atoms with van der Waals surface area (Å²) in [5.74, 6) is 0.0496. The van der Waals surface area contributed by atoms with Crippen molar-refractivity contribution in [2.75, 3.05) is 16.8 Å². The van der Waals surface area contributed by atoms with E-state index in [0.717, 1.165) is 21.3 Å². The molecule has 4 rings (SSSR count). The molecule has 1 aliphatic heterocycles. The summed E-state index contributed by atoms with van der Waals surface area (Å²) in [7, 11) is 0. The first-order chi connectivity index (χ1) is 13.4. The molecular formula is C19H17BrN6O2. The van der Waals surface area contributed by atoms with Gasteiger partial charge in [-0.3, -0.25) is 9.59 Å². The number of tetrazole rings is 1. The largest absolute Gasteiger partial charge is 0.325 e. The number of H-pyrrole nitrogens is 1. The topological polar surface area (TPSA) is 104 Å². The Kier molecular flexibility index (Phi) is 4.46. The number of halogens is 1. The molecule has 1 aromatic heterocycles. The summed E-state index contributed by atoms with van der Waals surface area (Å²) in [5, 5.41) is 16.6. The molecule has 0 unspecified atom stereocenters. The second-order valence-corrected chi connectivity index (χ2v) is 7.96. The number of rotatable bonds is 4. The Morgan fingerprint density at radius 1 is 1.25 bits per heavy atom. The zero-order valence-corrected chi connectivity index (χ0v) is 16.8. The zero-order chi connectivity index (χ0) is 19.9. The van der Waals surface area contributed by atoms with Crippen LogP contribution in [0.15, 0.2) is 46.9 Å². The fourth-order valence-corrected chi connectivity index (χ4v) is 3.69. The molecule has 2 heterocycles. The Morgan fingerprint density at radius 2 is 2.07 bits per heavy atom. The van der Waals surface area contributed by atoms with E-state index in [1.54, 1.807) is 18.2 Å². The van der Waals surface area contributed by atoms with Gasteiger partial charge in [0.15, 0.2) is 0 Å². The number of benzene rings is 2. The molecule has 2 aromatic carbocycles. The number of aromatic nitrogens is 4. The molecule has 2 N–H and O–H groups in total. The average Bonchev–Trinajstić information content (AvgIpc) is 3.25. The number of amides is 2. The van der Waals surface area contributed by atoms with Gasteiger partial charge in [0.1, 0.15) is 6.54 Å². The average molecular weight is 441 g/mol. The molecule has 3 aromatic rings. The fourth-order valence-electron chi connectivity index (χ4n) is 3.33. The lowest BCUT2D eigenvalue weighted by Gasteiger charge is -2.20. The third kappa shape index (κ3) is 3.18. The van der Waals surface area contributed by atoms with Crippen molar-refractivity contribution in [2.24, 2.45) is 0 Å². The summed E-state index contributed by atoms with van der Waals surface area (Å²) in [4.78, 5) is 27.1. The molecule has 0 spiro atoms. The van der Waals surface area contributed by atoms with Crippen LogP contribution in [0.25, 0.3) is 11.4 Å². The minimum absolute atomic E-state index is 0.0661. The van der Waals surface area contributed by atoms with Crippen molar-refractivity contribution >= 4 is 39.1 Å². The smallest absolute Gasteiger partial charge is 0.244 e. The third-order valence-electron chi connectivity index (χ3n) is 4.75. The molecule has 1 aliphatic rings. The molecule has 0 atom stereocenters. The van der Waals surface area contributed by atoms with Crippen molar-refractivity contribution < 1.29 is 9.59 Å². The number of anilines is 2. The van der Waals surface area contributed by atoms with Gasteiger partial charge >= 0.3 is 0 Å². The number of carbonyl (C=O) groups is 2. The summed E-state index contributed by atoms with van der Waals surface area (Å²) >= 11 is 3.45. The predicted molar refractivity (Wildman–Crippen MR) is 108 cm³/mol. The van der Waals surface area contributed by atoms with E-state index in [4.69, 9.17) is 0 Å². The molecule has 0 saturated heterocycles. The van der Waals surface area contributed by atoms with E-state index in [1.165, 1.54) is 4.90 Å². The molecule has 142 valence electrons. The molecule has 8 nitrogen and oxygen atoms in total. The van der Waals surface area contributed by atoms with Crippen LogP contribution >= 0.6 is 15.9 Å². The lowest BCUT2D eigenvalue weighted by molar-refractivity contribution is -0.124. The second kappa shape index (κ2) is 6.83. The van der Waals surface area contributed by atoms with Crippen LogP contribution in [0.2, 0.25) is 0 Å². The fraction of sp³-hybridized carbons (Fsp3) is 0.211. The predicted octanol–water partition coefficient (Wildman–Crippen LogP) is 2.89. The highest BCUT2D eigenvalue weighted by atomic mass is 79.9. The standard InChI is InChI=1S/C19H17BrN6O2/c1-19(2)14-9-12(20)6-7-15(14)26(18(19)28)10-16(27)21-13-5-3-4-11(8-13)17-22-24-25-23-17/h3-9H,10H2,1-2H3,(H,21,27)(H,22,23,24,25). The van der Waals surface area contributed by atoms with Crippen LogP contribution in [0.1, 0.15) is 19.4 Å². The molecule has 0 radical (unpaired) electrons. The van der Waals surface area contributed by atoms with Crippen LogP contribution < -0.4 is 10.2 Å². The van der Waals surface area contributed by atoms with E-state index in [-0.39, 0.29) is 18.4 Å². The number of nitrogens with one attached hydrogen (secondary N) is 2. The van der Waals surface area contributed by atoms with Gasteiger partial charge in [0, 0.05) is 21.4 Å². The van der Waals surface area contributed by atoms with Gasteiger partial charge in [0.25, 0.3) is 0 Å². The van der Waals surface area contributed by atoms with Crippen molar-refractivity contribution in [2.45, 2.75) is 19.3 Å². The van der Waals surface area contributed by atoms with E-state index in [1.807, 2.05) is 38.1 Å². The van der Waals surface area contributed by atoms with Gasteiger partial charge in [0.2, 0.25) is 17.6 Å². The van der Waals surface area contributed by atoms with E-state index in [2.05, 4.69) is 41.9 Å². The summed E-state index contributed by atoms with van der Waals surface area (Å²) in [6.45, 7) is 3.67. The van der Waals surface area contributed by atoms with Crippen molar-refractivity contribution in [3.05, 3.63) is 52.5 Å². The highest BCUT2D eigenvalue weighted by molar-refractivity contribution is 9.10. The SMILES string of the molecule is CC1(C)C(=O)N(CC(=O)Nc2cccc(-c3nn[nH]n3)c2)c2ccc(Br)cc21. The van der Waals surface area contributed by atoms with Gasteiger partial charge in [-0.25, -0.2) is 0 Å². The van der Waals surface area contributed by atoms with Crippen LogP contribution in [0.5, 0.6) is 0 Å².